The van der Waals surface area contributed by atoms with Gasteiger partial charge in [0.1, 0.15) is 0 Å². The van der Waals surface area contributed by atoms with Crippen LogP contribution in [0.4, 0.5) is 13.2 Å². The molecule has 2 fully saturated rings. The van der Waals surface area contributed by atoms with Crippen molar-refractivity contribution in [3.05, 3.63) is 0 Å². The molecule has 1 amide bonds. The highest BCUT2D eigenvalue weighted by Crippen LogP contribution is 2.32. The lowest BCUT2D eigenvalue weighted by atomic mass is 9.89. The molecule has 0 aromatic rings. The molecule has 0 aliphatic carbocycles. The fourth-order valence-corrected chi connectivity index (χ4v) is 3.11. The van der Waals surface area contributed by atoms with Crippen LogP contribution in [0.5, 0.6) is 0 Å². The first-order chi connectivity index (χ1) is 9.24. The van der Waals surface area contributed by atoms with Gasteiger partial charge in [-0.05, 0) is 45.1 Å². The Balaban J connectivity index is 0.00000220. The normalized spacial score (nSPS) is 29.1. The number of nitrogens with zero attached hydrogens (tertiary/aromatic N) is 1. The number of alkyl halides is 3. The zero-order valence-electron chi connectivity index (χ0n) is 11.9. The number of halogens is 4. The molecule has 2 unspecified atom stereocenters. The molecule has 8 heteroatoms. The van der Waals surface area contributed by atoms with Gasteiger partial charge in [-0.2, -0.15) is 13.2 Å². The Kier molecular flexibility index (Phi) is 5.91. The van der Waals surface area contributed by atoms with E-state index >= 15 is 0 Å². The molecule has 2 atom stereocenters. The van der Waals surface area contributed by atoms with Crippen molar-refractivity contribution >= 4 is 18.3 Å². The average molecular weight is 331 g/mol. The summed E-state index contributed by atoms with van der Waals surface area (Å²) in [4.78, 5) is 14.0. The molecule has 4 nitrogen and oxygen atoms in total. The van der Waals surface area contributed by atoms with Crippen molar-refractivity contribution in [3.63, 3.8) is 0 Å². The number of aliphatic hydroxyl groups excluding tert-OH is 1. The number of piperidine rings is 1. The highest BCUT2D eigenvalue weighted by molar-refractivity contribution is 5.86. The Bertz CT molecular complexity index is 365. The summed E-state index contributed by atoms with van der Waals surface area (Å²) in [6.07, 6.45) is -4.76. The SMILES string of the molecule is CC1(C(=O)N2CCC(C(O)C(F)(F)F)CC2)CCCN1.Cl. The summed E-state index contributed by atoms with van der Waals surface area (Å²) >= 11 is 0. The van der Waals surface area contributed by atoms with E-state index in [1.54, 1.807) is 4.90 Å². The van der Waals surface area contributed by atoms with Gasteiger partial charge >= 0.3 is 6.18 Å². The first kappa shape index (κ1) is 18.5. The van der Waals surface area contributed by atoms with Gasteiger partial charge in [0.2, 0.25) is 5.91 Å². The Hall–Kier alpha value is -0.530. The van der Waals surface area contributed by atoms with Crippen LogP contribution in [0.15, 0.2) is 0 Å². The molecule has 0 aromatic carbocycles. The van der Waals surface area contributed by atoms with Crippen LogP contribution < -0.4 is 5.32 Å². The monoisotopic (exact) mass is 330 g/mol. The quantitative estimate of drug-likeness (QED) is 0.810. The smallest absolute Gasteiger partial charge is 0.383 e. The Labute approximate surface area is 128 Å². The summed E-state index contributed by atoms with van der Waals surface area (Å²) in [5.74, 6) is -0.835. The number of rotatable bonds is 2. The van der Waals surface area contributed by atoms with Gasteiger partial charge < -0.3 is 15.3 Å². The second kappa shape index (κ2) is 6.71. The van der Waals surface area contributed by atoms with Crippen LogP contribution in [-0.4, -0.2) is 53.4 Å². The van der Waals surface area contributed by atoms with Crippen LogP contribution in [0.1, 0.15) is 32.6 Å². The van der Waals surface area contributed by atoms with Crippen LogP contribution >= 0.6 is 12.4 Å². The maximum absolute atomic E-state index is 12.5. The zero-order valence-corrected chi connectivity index (χ0v) is 12.8. The lowest BCUT2D eigenvalue weighted by Gasteiger charge is -2.38. The number of nitrogens with one attached hydrogen (secondary N) is 1. The number of hydrogen-bond donors (Lipinski definition) is 2. The molecular formula is C13H22ClF3N2O2. The minimum atomic E-state index is -4.57. The minimum absolute atomic E-state index is 0. The molecule has 2 saturated heterocycles. The first-order valence-electron chi connectivity index (χ1n) is 7.03. The van der Waals surface area contributed by atoms with Crippen LogP contribution in [0.25, 0.3) is 0 Å². The average Bonchev–Trinajstić information content (AvgIpc) is 2.84. The van der Waals surface area contributed by atoms with E-state index in [1.807, 2.05) is 6.92 Å². The fraction of sp³-hybridized carbons (Fsp3) is 0.923. The van der Waals surface area contributed by atoms with Crippen molar-refractivity contribution < 1.29 is 23.1 Å². The molecule has 124 valence electrons. The van der Waals surface area contributed by atoms with Crippen LogP contribution in [0.2, 0.25) is 0 Å². The lowest BCUT2D eigenvalue weighted by molar-refractivity contribution is -0.223. The van der Waals surface area contributed by atoms with E-state index in [0.29, 0.717) is 0 Å². The minimum Gasteiger partial charge on any atom is -0.383 e. The largest absolute Gasteiger partial charge is 0.414 e. The van der Waals surface area contributed by atoms with E-state index in [4.69, 9.17) is 0 Å². The van der Waals surface area contributed by atoms with Gasteiger partial charge in [-0.15, -0.1) is 12.4 Å². The highest BCUT2D eigenvalue weighted by Gasteiger charge is 2.46. The molecule has 0 spiro atoms. The third kappa shape index (κ3) is 4.02. The summed E-state index contributed by atoms with van der Waals surface area (Å²) in [7, 11) is 0. The van der Waals surface area contributed by atoms with Gasteiger partial charge in [0.25, 0.3) is 0 Å². The maximum Gasteiger partial charge on any atom is 0.414 e. The number of aliphatic hydroxyl groups is 1. The molecule has 2 N–H and O–H groups in total. The van der Waals surface area contributed by atoms with Gasteiger partial charge in [0, 0.05) is 13.1 Å². The molecule has 0 radical (unpaired) electrons. The number of carbonyl (C=O) groups is 1. The van der Waals surface area contributed by atoms with E-state index in [-0.39, 0.29) is 44.2 Å². The van der Waals surface area contributed by atoms with E-state index in [1.165, 1.54) is 0 Å². The standard InChI is InChI=1S/C13H21F3N2O2.ClH/c1-12(5-2-6-17-12)11(20)18-7-3-9(4-8-18)10(19)13(14,15)16;/h9-10,17,19H,2-8H2,1H3;1H. The number of likely N-dealkylation sites (tertiary alicyclic amines) is 1. The predicted octanol–water partition coefficient (Wildman–Crippen LogP) is 1.71. The Morgan fingerprint density at radius 2 is 1.95 bits per heavy atom. The molecule has 21 heavy (non-hydrogen) atoms. The molecule has 0 saturated carbocycles. The summed E-state index contributed by atoms with van der Waals surface area (Å²) in [5, 5.41) is 12.4. The molecule has 2 rings (SSSR count). The van der Waals surface area contributed by atoms with Crippen molar-refractivity contribution in [1.29, 1.82) is 0 Å². The van der Waals surface area contributed by atoms with Gasteiger partial charge in [-0.3, -0.25) is 4.79 Å². The van der Waals surface area contributed by atoms with Crippen LogP contribution in [0, 0.1) is 5.92 Å². The predicted molar refractivity (Wildman–Crippen MR) is 74.3 cm³/mol. The van der Waals surface area contributed by atoms with Gasteiger partial charge in [-0.25, -0.2) is 0 Å². The topological polar surface area (TPSA) is 52.6 Å². The van der Waals surface area contributed by atoms with Crippen molar-refractivity contribution in [2.24, 2.45) is 5.92 Å². The van der Waals surface area contributed by atoms with Crippen LogP contribution in [-0.2, 0) is 4.79 Å². The fourth-order valence-electron chi connectivity index (χ4n) is 3.11. The number of hydrogen-bond acceptors (Lipinski definition) is 3. The van der Waals surface area contributed by atoms with E-state index in [0.717, 1.165) is 19.4 Å². The highest BCUT2D eigenvalue weighted by atomic mass is 35.5. The van der Waals surface area contributed by atoms with Crippen molar-refractivity contribution in [2.75, 3.05) is 19.6 Å². The number of amides is 1. The maximum atomic E-state index is 12.5. The Morgan fingerprint density at radius 3 is 2.38 bits per heavy atom. The molecule has 2 aliphatic rings. The second-order valence-corrected chi connectivity index (χ2v) is 5.98. The van der Waals surface area contributed by atoms with Gasteiger partial charge in [0.15, 0.2) is 6.10 Å². The van der Waals surface area contributed by atoms with E-state index in [2.05, 4.69) is 5.32 Å². The van der Waals surface area contributed by atoms with Crippen LogP contribution in [0.3, 0.4) is 0 Å². The van der Waals surface area contributed by atoms with Crippen molar-refractivity contribution in [3.8, 4) is 0 Å². The lowest BCUT2D eigenvalue weighted by Crippen LogP contribution is -2.55. The summed E-state index contributed by atoms with van der Waals surface area (Å²) < 4.78 is 37.4. The zero-order chi connectivity index (χ0) is 15.0. The third-order valence-corrected chi connectivity index (χ3v) is 4.45. The summed E-state index contributed by atoms with van der Waals surface area (Å²) in [5.41, 5.74) is -0.574. The van der Waals surface area contributed by atoms with Crippen molar-refractivity contribution in [2.45, 2.75) is 50.4 Å². The third-order valence-electron chi connectivity index (χ3n) is 4.45. The van der Waals surface area contributed by atoms with E-state index in [9.17, 15) is 23.1 Å². The molecular weight excluding hydrogens is 309 g/mol. The summed E-state index contributed by atoms with van der Waals surface area (Å²) in [6.45, 7) is 3.21. The Morgan fingerprint density at radius 1 is 1.38 bits per heavy atom. The first-order valence-corrected chi connectivity index (χ1v) is 7.03. The molecule has 2 heterocycles. The number of carbonyl (C=O) groups excluding carboxylic acids is 1. The molecule has 0 bridgehead atoms. The second-order valence-electron chi connectivity index (χ2n) is 5.98. The van der Waals surface area contributed by atoms with Gasteiger partial charge in [0.05, 0.1) is 5.54 Å². The summed E-state index contributed by atoms with van der Waals surface area (Å²) in [6, 6.07) is 0. The van der Waals surface area contributed by atoms with E-state index < -0.39 is 23.7 Å². The molecule has 0 aromatic heterocycles. The van der Waals surface area contributed by atoms with Gasteiger partial charge in [-0.1, -0.05) is 0 Å². The molecule has 2 aliphatic heterocycles. The van der Waals surface area contributed by atoms with Crippen molar-refractivity contribution in [1.82, 2.24) is 10.2 Å².